The summed E-state index contributed by atoms with van der Waals surface area (Å²) in [5.41, 5.74) is 1.65. The van der Waals surface area contributed by atoms with Crippen molar-refractivity contribution < 1.29 is 18.7 Å². The highest BCUT2D eigenvalue weighted by Gasteiger charge is 2.30. The van der Waals surface area contributed by atoms with Crippen molar-refractivity contribution in [3.8, 4) is 0 Å². The fraction of sp³-hybridized carbons (Fsp3) is 0.0500. The third-order valence-electron chi connectivity index (χ3n) is 4.21. The van der Waals surface area contributed by atoms with Crippen LogP contribution in [0.3, 0.4) is 0 Å². The number of H-pyrrole nitrogens is 1. The predicted octanol–water partition coefficient (Wildman–Crippen LogP) is 2.84. The largest absolute Gasteiger partial charge is 0.436 e. The van der Waals surface area contributed by atoms with Gasteiger partial charge in [0, 0.05) is 35.5 Å². The van der Waals surface area contributed by atoms with Crippen molar-refractivity contribution in [2.75, 3.05) is 0 Å². The molecule has 0 aliphatic carbocycles. The van der Waals surface area contributed by atoms with Gasteiger partial charge in [-0.2, -0.15) is 0 Å². The number of ketones is 1. The normalized spacial score (nSPS) is 15.4. The molecule has 7 heteroatoms. The fourth-order valence-corrected chi connectivity index (χ4v) is 2.84. The molecule has 1 aromatic carbocycles. The molecule has 6 nitrogen and oxygen atoms in total. The maximum atomic E-state index is 13.7. The SMILES string of the molecule is O=CC1=C(NCc2ccccc2F)O/C(=C\c2c[nH]c3ncccc23)C1=O. The number of aldehydes is 1. The van der Waals surface area contributed by atoms with Gasteiger partial charge in [0.25, 0.3) is 0 Å². The first kappa shape index (κ1) is 16.7. The standard InChI is InChI=1S/C20H14FN3O3/c21-16-6-2-1-4-12(16)9-24-20-15(11-25)18(26)17(27-20)8-13-10-23-19-14(13)5-3-7-22-19/h1-8,10-11,24H,9H2,(H,22,23)/b17-8-. The number of aromatic nitrogens is 2. The molecule has 0 radical (unpaired) electrons. The molecule has 0 fully saturated rings. The lowest BCUT2D eigenvalue weighted by molar-refractivity contribution is -0.115. The number of nitrogens with one attached hydrogen (secondary N) is 2. The zero-order chi connectivity index (χ0) is 18.8. The lowest BCUT2D eigenvalue weighted by Crippen LogP contribution is -2.15. The van der Waals surface area contributed by atoms with Gasteiger partial charge < -0.3 is 15.0 Å². The van der Waals surface area contributed by atoms with E-state index in [0.29, 0.717) is 23.1 Å². The summed E-state index contributed by atoms with van der Waals surface area (Å²) in [6, 6.07) is 9.87. The topological polar surface area (TPSA) is 84.1 Å². The van der Waals surface area contributed by atoms with Crippen LogP contribution < -0.4 is 5.32 Å². The van der Waals surface area contributed by atoms with E-state index in [4.69, 9.17) is 4.74 Å². The minimum Gasteiger partial charge on any atom is -0.436 e. The Bertz CT molecular complexity index is 1110. The molecule has 2 aromatic heterocycles. The molecule has 27 heavy (non-hydrogen) atoms. The van der Waals surface area contributed by atoms with Crippen LogP contribution in [-0.4, -0.2) is 22.0 Å². The van der Waals surface area contributed by atoms with Gasteiger partial charge in [-0.1, -0.05) is 18.2 Å². The number of aromatic amines is 1. The molecule has 2 N–H and O–H groups in total. The Morgan fingerprint density at radius 1 is 1.22 bits per heavy atom. The fourth-order valence-electron chi connectivity index (χ4n) is 2.84. The number of Topliss-reactive ketones (excluding diaryl/α,β-unsaturated/α-hetero) is 1. The van der Waals surface area contributed by atoms with Crippen molar-refractivity contribution in [2.45, 2.75) is 6.54 Å². The lowest BCUT2D eigenvalue weighted by Gasteiger charge is -2.08. The first-order chi connectivity index (χ1) is 13.2. The minimum absolute atomic E-state index is 0.0119. The predicted molar refractivity (Wildman–Crippen MR) is 96.5 cm³/mol. The number of ether oxygens (including phenoxy) is 1. The zero-order valence-electron chi connectivity index (χ0n) is 14.0. The summed E-state index contributed by atoms with van der Waals surface area (Å²) in [6.45, 7) is 0.0803. The van der Waals surface area contributed by atoms with Crippen molar-refractivity contribution in [2.24, 2.45) is 0 Å². The van der Waals surface area contributed by atoms with E-state index < -0.39 is 5.78 Å². The molecule has 0 atom stereocenters. The van der Waals surface area contributed by atoms with Crippen molar-refractivity contribution >= 4 is 29.2 Å². The Morgan fingerprint density at radius 3 is 2.89 bits per heavy atom. The molecule has 3 heterocycles. The molecule has 134 valence electrons. The third kappa shape index (κ3) is 3.10. The summed E-state index contributed by atoms with van der Waals surface area (Å²) in [5.74, 6) is -0.885. The Kier molecular flexibility index (Phi) is 4.25. The number of pyridine rings is 1. The van der Waals surface area contributed by atoms with Crippen LogP contribution >= 0.6 is 0 Å². The van der Waals surface area contributed by atoms with E-state index >= 15 is 0 Å². The Balaban J connectivity index is 1.59. The molecule has 0 bridgehead atoms. The van der Waals surface area contributed by atoms with Crippen LogP contribution in [0.2, 0.25) is 0 Å². The molecular formula is C20H14FN3O3. The van der Waals surface area contributed by atoms with E-state index in [9.17, 15) is 14.0 Å². The van der Waals surface area contributed by atoms with E-state index in [1.807, 2.05) is 6.07 Å². The first-order valence-electron chi connectivity index (χ1n) is 8.20. The van der Waals surface area contributed by atoms with E-state index in [1.165, 1.54) is 6.07 Å². The van der Waals surface area contributed by atoms with E-state index in [2.05, 4.69) is 15.3 Å². The number of carbonyl (C=O) groups is 2. The second-order valence-electron chi connectivity index (χ2n) is 5.89. The van der Waals surface area contributed by atoms with Crippen LogP contribution in [0.15, 0.2) is 66.0 Å². The molecule has 3 aromatic rings. The number of allylic oxidation sites excluding steroid dienone is 1. The Hall–Kier alpha value is -3.74. The molecule has 0 spiro atoms. The summed E-state index contributed by atoms with van der Waals surface area (Å²) in [4.78, 5) is 31.0. The molecule has 1 aliphatic heterocycles. The molecule has 1 aliphatic rings. The molecule has 0 amide bonds. The van der Waals surface area contributed by atoms with Crippen LogP contribution in [0.5, 0.6) is 0 Å². The molecule has 4 rings (SSSR count). The monoisotopic (exact) mass is 363 g/mol. The number of hydrogen-bond donors (Lipinski definition) is 2. The van der Waals surface area contributed by atoms with E-state index in [0.717, 1.165) is 5.39 Å². The zero-order valence-corrected chi connectivity index (χ0v) is 14.0. The highest BCUT2D eigenvalue weighted by molar-refractivity contribution is 6.22. The van der Waals surface area contributed by atoms with Crippen LogP contribution in [-0.2, 0) is 20.9 Å². The van der Waals surface area contributed by atoms with Gasteiger partial charge in [0.05, 0.1) is 0 Å². The lowest BCUT2D eigenvalue weighted by atomic mass is 10.1. The summed E-state index contributed by atoms with van der Waals surface area (Å²) in [7, 11) is 0. The van der Waals surface area contributed by atoms with Crippen LogP contribution in [0.4, 0.5) is 4.39 Å². The van der Waals surface area contributed by atoms with Gasteiger partial charge in [-0.05, 0) is 24.3 Å². The quantitative estimate of drug-likeness (QED) is 0.414. The molecule has 0 saturated carbocycles. The third-order valence-corrected chi connectivity index (χ3v) is 4.21. The summed E-state index contributed by atoms with van der Waals surface area (Å²) >= 11 is 0. The number of carbonyl (C=O) groups excluding carboxylic acids is 2. The Labute approximate surface area is 153 Å². The summed E-state index contributed by atoms with van der Waals surface area (Å²) in [6.07, 6.45) is 5.34. The van der Waals surface area contributed by atoms with Gasteiger partial charge in [0.15, 0.2) is 12.0 Å². The maximum absolute atomic E-state index is 13.7. The van der Waals surface area contributed by atoms with Gasteiger partial charge in [0.1, 0.15) is 17.0 Å². The first-order valence-corrected chi connectivity index (χ1v) is 8.20. The highest BCUT2D eigenvalue weighted by Crippen LogP contribution is 2.26. The molecule has 0 unspecified atom stereocenters. The van der Waals surface area contributed by atoms with Crippen LogP contribution in [0.25, 0.3) is 17.1 Å². The second-order valence-corrected chi connectivity index (χ2v) is 5.89. The van der Waals surface area contributed by atoms with E-state index in [1.54, 1.807) is 42.7 Å². The molecular weight excluding hydrogens is 349 g/mol. The minimum atomic E-state index is -0.528. The van der Waals surface area contributed by atoms with Crippen molar-refractivity contribution in [3.63, 3.8) is 0 Å². The van der Waals surface area contributed by atoms with Gasteiger partial charge in [-0.15, -0.1) is 0 Å². The molecule has 0 saturated heterocycles. The number of fused-ring (bicyclic) bond motifs is 1. The smallest absolute Gasteiger partial charge is 0.236 e. The van der Waals surface area contributed by atoms with Crippen molar-refractivity contribution in [1.29, 1.82) is 0 Å². The van der Waals surface area contributed by atoms with Crippen LogP contribution in [0.1, 0.15) is 11.1 Å². The van der Waals surface area contributed by atoms with Crippen molar-refractivity contribution in [1.82, 2.24) is 15.3 Å². The van der Waals surface area contributed by atoms with Gasteiger partial charge in [-0.3, -0.25) is 9.59 Å². The van der Waals surface area contributed by atoms with Gasteiger partial charge >= 0.3 is 0 Å². The van der Waals surface area contributed by atoms with Gasteiger partial charge in [0.2, 0.25) is 11.7 Å². The highest BCUT2D eigenvalue weighted by atomic mass is 19.1. The number of hydrogen-bond acceptors (Lipinski definition) is 5. The average Bonchev–Trinajstić information content (AvgIpc) is 3.22. The van der Waals surface area contributed by atoms with E-state index in [-0.39, 0.29) is 29.6 Å². The maximum Gasteiger partial charge on any atom is 0.236 e. The number of rotatable bonds is 5. The van der Waals surface area contributed by atoms with Crippen molar-refractivity contribution in [3.05, 3.63) is 83.0 Å². The summed E-state index contributed by atoms with van der Waals surface area (Å²) < 4.78 is 19.3. The Morgan fingerprint density at radius 2 is 2.07 bits per heavy atom. The average molecular weight is 363 g/mol. The number of benzene rings is 1. The number of nitrogens with zero attached hydrogens (tertiary/aromatic N) is 1. The number of halogens is 1. The van der Waals surface area contributed by atoms with Gasteiger partial charge in [-0.25, -0.2) is 9.37 Å². The second kappa shape index (κ2) is 6.87. The summed E-state index contributed by atoms with van der Waals surface area (Å²) in [5, 5.41) is 3.64. The van der Waals surface area contributed by atoms with Crippen LogP contribution in [0, 0.1) is 5.82 Å².